The Kier molecular flexibility index (Phi) is 5.19. The molecule has 3 aromatic carbocycles. The summed E-state index contributed by atoms with van der Waals surface area (Å²) in [6.45, 7) is 3.39. The van der Waals surface area contributed by atoms with Crippen LogP contribution in [0.1, 0.15) is 22.8 Å². The molecule has 24 heavy (non-hydrogen) atoms. The predicted octanol–water partition coefficient (Wildman–Crippen LogP) is 5.37. The maximum atomic E-state index is 10.7. The Hall–Kier alpha value is -2.71. The molecular formula is C22H20O2. The third-order valence-electron chi connectivity index (χ3n) is 4.03. The van der Waals surface area contributed by atoms with E-state index in [4.69, 9.17) is 4.74 Å². The number of hydrogen-bond acceptors (Lipinski definition) is 2. The van der Waals surface area contributed by atoms with E-state index in [0.29, 0.717) is 12.2 Å². The van der Waals surface area contributed by atoms with Crippen molar-refractivity contribution >= 4 is 6.29 Å². The zero-order valence-electron chi connectivity index (χ0n) is 13.7. The summed E-state index contributed by atoms with van der Waals surface area (Å²) >= 11 is 0. The fourth-order valence-corrected chi connectivity index (χ4v) is 2.62. The van der Waals surface area contributed by atoms with Crippen LogP contribution in [0, 0.1) is 0 Å². The van der Waals surface area contributed by atoms with Crippen molar-refractivity contribution in [3.05, 3.63) is 83.9 Å². The molecule has 0 unspecified atom stereocenters. The Bertz CT molecular complexity index is 785. The van der Waals surface area contributed by atoms with E-state index in [1.807, 2.05) is 31.2 Å². The van der Waals surface area contributed by atoms with Gasteiger partial charge >= 0.3 is 0 Å². The average molecular weight is 316 g/mol. The molecule has 0 spiro atoms. The van der Waals surface area contributed by atoms with E-state index in [9.17, 15) is 4.79 Å². The third kappa shape index (κ3) is 3.79. The molecule has 2 nitrogen and oxygen atoms in total. The molecule has 3 rings (SSSR count). The van der Waals surface area contributed by atoms with E-state index in [-0.39, 0.29) is 0 Å². The molecule has 0 fully saturated rings. The van der Waals surface area contributed by atoms with Gasteiger partial charge in [-0.2, -0.15) is 0 Å². The molecule has 2 heteroatoms. The highest BCUT2D eigenvalue weighted by molar-refractivity contribution is 5.77. The Balaban J connectivity index is 1.77. The molecule has 0 aliphatic heterocycles. The number of aldehydes is 1. The van der Waals surface area contributed by atoms with Crippen LogP contribution in [0.3, 0.4) is 0 Å². The van der Waals surface area contributed by atoms with Gasteiger partial charge in [-0.3, -0.25) is 4.79 Å². The fourth-order valence-electron chi connectivity index (χ4n) is 2.62. The van der Waals surface area contributed by atoms with Gasteiger partial charge in [0.2, 0.25) is 0 Å². The second-order valence-corrected chi connectivity index (χ2v) is 5.65. The molecule has 0 bridgehead atoms. The van der Waals surface area contributed by atoms with Crippen LogP contribution in [0.2, 0.25) is 0 Å². The van der Waals surface area contributed by atoms with Crippen molar-refractivity contribution in [3.8, 4) is 22.3 Å². The lowest BCUT2D eigenvalue weighted by Crippen LogP contribution is -1.91. The van der Waals surface area contributed by atoms with Gasteiger partial charge in [0.1, 0.15) is 6.29 Å². The SMILES string of the molecule is CCOCc1ccc(-c2ccc(-c3ccc(C=O)cc3)cc2)cc1. The number of rotatable bonds is 6. The summed E-state index contributed by atoms with van der Waals surface area (Å²) in [5.41, 5.74) is 6.52. The van der Waals surface area contributed by atoms with E-state index in [2.05, 4.69) is 48.5 Å². The second kappa shape index (κ2) is 7.71. The third-order valence-corrected chi connectivity index (χ3v) is 4.03. The van der Waals surface area contributed by atoms with Crippen molar-refractivity contribution in [2.75, 3.05) is 6.61 Å². The van der Waals surface area contributed by atoms with E-state index in [1.54, 1.807) is 0 Å². The molecule has 0 heterocycles. The Morgan fingerprint density at radius 1 is 0.708 bits per heavy atom. The van der Waals surface area contributed by atoms with Gasteiger partial charge < -0.3 is 4.74 Å². The van der Waals surface area contributed by atoms with E-state index < -0.39 is 0 Å². The highest BCUT2D eigenvalue weighted by atomic mass is 16.5. The first-order valence-electron chi connectivity index (χ1n) is 8.13. The largest absolute Gasteiger partial charge is 0.377 e. The minimum atomic E-state index is 0.659. The summed E-state index contributed by atoms with van der Waals surface area (Å²) in [4.78, 5) is 10.7. The molecule has 0 N–H and O–H groups in total. The molecule has 0 saturated heterocycles. The highest BCUT2D eigenvalue weighted by Crippen LogP contribution is 2.25. The van der Waals surface area contributed by atoms with Crippen LogP contribution >= 0.6 is 0 Å². The zero-order chi connectivity index (χ0) is 16.8. The van der Waals surface area contributed by atoms with E-state index in [1.165, 1.54) is 16.7 Å². The van der Waals surface area contributed by atoms with Crippen LogP contribution in [0.25, 0.3) is 22.3 Å². The Morgan fingerprint density at radius 3 is 1.54 bits per heavy atom. The minimum absolute atomic E-state index is 0.659. The van der Waals surface area contributed by atoms with Gasteiger partial charge in [0, 0.05) is 12.2 Å². The van der Waals surface area contributed by atoms with Crippen molar-refractivity contribution in [3.63, 3.8) is 0 Å². The summed E-state index contributed by atoms with van der Waals surface area (Å²) in [7, 11) is 0. The van der Waals surface area contributed by atoms with Crippen molar-refractivity contribution < 1.29 is 9.53 Å². The van der Waals surface area contributed by atoms with Crippen LogP contribution in [-0.2, 0) is 11.3 Å². The first kappa shape index (κ1) is 16.2. The average Bonchev–Trinajstić information content (AvgIpc) is 2.67. The first-order chi connectivity index (χ1) is 11.8. The summed E-state index contributed by atoms with van der Waals surface area (Å²) in [5.74, 6) is 0. The molecular weight excluding hydrogens is 296 g/mol. The summed E-state index contributed by atoms with van der Waals surface area (Å²) in [6.07, 6.45) is 0.863. The standard InChI is InChI=1S/C22H20O2/c1-2-24-16-18-5-9-20(10-6-18)22-13-11-21(12-14-22)19-7-3-17(15-23)4-8-19/h3-15H,2,16H2,1H3. The lowest BCUT2D eigenvalue weighted by atomic mass is 9.99. The maximum absolute atomic E-state index is 10.7. The van der Waals surface area contributed by atoms with Gasteiger partial charge in [-0.25, -0.2) is 0 Å². The number of carbonyl (C=O) groups is 1. The van der Waals surface area contributed by atoms with Gasteiger partial charge in [-0.05, 0) is 34.7 Å². The lowest BCUT2D eigenvalue weighted by Gasteiger charge is -2.07. The van der Waals surface area contributed by atoms with Crippen LogP contribution in [0.15, 0.2) is 72.8 Å². The second-order valence-electron chi connectivity index (χ2n) is 5.65. The molecule has 3 aromatic rings. The van der Waals surface area contributed by atoms with E-state index >= 15 is 0 Å². The molecule has 0 amide bonds. The molecule has 120 valence electrons. The van der Waals surface area contributed by atoms with Gasteiger partial charge in [0.15, 0.2) is 0 Å². The topological polar surface area (TPSA) is 26.3 Å². The van der Waals surface area contributed by atoms with Crippen LogP contribution < -0.4 is 0 Å². The minimum Gasteiger partial charge on any atom is -0.377 e. The van der Waals surface area contributed by atoms with Crippen LogP contribution in [0.5, 0.6) is 0 Å². The monoisotopic (exact) mass is 316 g/mol. The van der Waals surface area contributed by atoms with Gasteiger partial charge in [-0.15, -0.1) is 0 Å². The van der Waals surface area contributed by atoms with Crippen molar-refractivity contribution in [1.82, 2.24) is 0 Å². The van der Waals surface area contributed by atoms with Crippen LogP contribution in [-0.4, -0.2) is 12.9 Å². The molecule has 0 saturated carbocycles. The van der Waals surface area contributed by atoms with Crippen molar-refractivity contribution in [2.45, 2.75) is 13.5 Å². The summed E-state index contributed by atoms with van der Waals surface area (Å²) < 4.78 is 5.42. The lowest BCUT2D eigenvalue weighted by molar-refractivity contribution is 0.112. The smallest absolute Gasteiger partial charge is 0.150 e. The molecule has 0 radical (unpaired) electrons. The van der Waals surface area contributed by atoms with Crippen LogP contribution in [0.4, 0.5) is 0 Å². The zero-order valence-corrected chi connectivity index (χ0v) is 13.7. The highest BCUT2D eigenvalue weighted by Gasteiger charge is 2.01. The molecule has 0 aromatic heterocycles. The van der Waals surface area contributed by atoms with Gasteiger partial charge in [-0.1, -0.05) is 72.8 Å². The number of hydrogen-bond donors (Lipinski definition) is 0. The number of benzene rings is 3. The molecule has 0 aliphatic carbocycles. The van der Waals surface area contributed by atoms with Crippen molar-refractivity contribution in [1.29, 1.82) is 0 Å². The Morgan fingerprint density at radius 2 is 1.12 bits per heavy atom. The van der Waals surface area contributed by atoms with E-state index in [0.717, 1.165) is 24.0 Å². The molecule has 0 aliphatic rings. The predicted molar refractivity (Wildman–Crippen MR) is 98.0 cm³/mol. The number of ether oxygens (including phenoxy) is 1. The van der Waals surface area contributed by atoms with Gasteiger partial charge in [0.25, 0.3) is 0 Å². The number of carbonyl (C=O) groups excluding carboxylic acids is 1. The van der Waals surface area contributed by atoms with Gasteiger partial charge in [0.05, 0.1) is 6.61 Å². The molecule has 0 atom stereocenters. The fraction of sp³-hybridized carbons (Fsp3) is 0.136. The summed E-state index contributed by atoms with van der Waals surface area (Å²) in [6, 6.07) is 24.6. The first-order valence-corrected chi connectivity index (χ1v) is 8.13. The maximum Gasteiger partial charge on any atom is 0.150 e. The van der Waals surface area contributed by atoms with Crippen molar-refractivity contribution in [2.24, 2.45) is 0 Å². The normalized spacial score (nSPS) is 10.5. The Labute approximate surface area is 142 Å². The summed E-state index contributed by atoms with van der Waals surface area (Å²) in [5, 5.41) is 0. The quantitative estimate of drug-likeness (QED) is 0.571.